The van der Waals surface area contributed by atoms with Gasteiger partial charge in [0.2, 0.25) is 23.7 Å². The molecule has 7 heterocycles. The minimum absolute atomic E-state index is 0.108. The molecule has 1 aromatic carbocycles. The maximum absolute atomic E-state index is 13.8. The van der Waals surface area contributed by atoms with E-state index in [1.54, 1.807) is 23.9 Å². The molecule has 386 valence electrons. The zero-order chi connectivity index (χ0) is 49.9. The smallest absolute Gasteiger partial charge is 0.343 e. The summed E-state index contributed by atoms with van der Waals surface area (Å²) in [4.78, 5) is 97.5. The lowest BCUT2D eigenvalue weighted by molar-refractivity contribution is -0.139. The molecule has 2 saturated carbocycles. The Balaban J connectivity index is 0.603. The van der Waals surface area contributed by atoms with Crippen LogP contribution in [0.1, 0.15) is 139 Å². The van der Waals surface area contributed by atoms with Crippen LogP contribution in [0.5, 0.6) is 0 Å². The van der Waals surface area contributed by atoms with E-state index in [0.717, 1.165) is 146 Å². The number of nitrogens with zero attached hydrogens (tertiary/aromatic N) is 9. The first kappa shape index (κ1) is 49.8. The van der Waals surface area contributed by atoms with Crippen LogP contribution in [0.25, 0.3) is 0 Å². The van der Waals surface area contributed by atoms with E-state index in [9.17, 15) is 28.8 Å². The third kappa shape index (κ3) is 11.2. The van der Waals surface area contributed by atoms with E-state index in [1.165, 1.54) is 19.0 Å². The number of benzene rings is 1. The molecule has 5 aliphatic heterocycles. The molecular formula is C53H72N12O7. The van der Waals surface area contributed by atoms with Gasteiger partial charge in [-0.15, -0.1) is 0 Å². The number of piperidine rings is 3. The van der Waals surface area contributed by atoms with Crippen molar-refractivity contribution in [1.82, 2.24) is 49.6 Å². The predicted octanol–water partition coefficient (Wildman–Crippen LogP) is 4.80. The number of carbonyl (C=O) groups excluding carboxylic acids is 6. The van der Waals surface area contributed by atoms with Crippen molar-refractivity contribution in [2.45, 2.75) is 121 Å². The summed E-state index contributed by atoms with van der Waals surface area (Å²) in [5, 5.41) is 13.2. The molecule has 2 aliphatic carbocycles. The highest BCUT2D eigenvalue weighted by atomic mass is 16.5. The Labute approximate surface area is 422 Å². The van der Waals surface area contributed by atoms with Gasteiger partial charge in [0.15, 0.2) is 0 Å². The summed E-state index contributed by atoms with van der Waals surface area (Å²) in [7, 11) is 1.84. The average molecular weight is 989 g/mol. The van der Waals surface area contributed by atoms with Gasteiger partial charge in [-0.2, -0.15) is 10.1 Å². The minimum Gasteiger partial charge on any atom is -0.462 e. The molecule has 4 saturated heterocycles. The summed E-state index contributed by atoms with van der Waals surface area (Å²) < 4.78 is 7.01. The fourth-order valence-corrected chi connectivity index (χ4v) is 12.7. The number of esters is 1. The average Bonchev–Trinajstić information content (AvgIpc) is 3.92. The third-order valence-electron chi connectivity index (χ3n) is 16.9. The van der Waals surface area contributed by atoms with Gasteiger partial charge in [0.05, 0.1) is 29.6 Å². The quantitative estimate of drug-likeness (QED) is 0.147. The normalized spacial score (nSPS) is 26.4. The zero-order valence-corrected chi connectivity index (χ0v) is 42.1. The van der Waals surface area contributed by atoms with Crippen LogP contribution in [0.3, 0.4) is 0 Å². The zero-order valence-electron chi connectivity index (χ0n) is 42.1. The number of hydrogen-bond acceptors (Lipinski definition) is 15. The van der Waals surface area contributed by atoms with Crippen molar-refractivity contribution in [2.24, 2.45) is 24.8 Å². The van der Waals surface area contributed by atoms with Gasteiger partial charge < -0.3 is 30.1 Å². The van der Waals surface area contributed by atoms with Crippen molar-refractivity contribution in [3.63, 3.8) is 0 Å². The van der Waals surface area contributed by atoms with E-state index >= 15 is 0 Å². The van der Waals surface area contributed by atoms with Crippen LogP contribution in [0.2, 0.25) is 0 Å². The van der Waals surface area contributed by atoms with Crippen LogP contribution in [0.4, 0.5) is 17.5 Å². The molecule has 0 spiro atoms. The van der Waals surface area contributed by atoms with Crippen LogP contribution in [-0.2, 0) is 26.2 Å². The van der Waals surface area contributed by atoms with E-state index in [0.29, 0.717) is 58.2 Å². The molecular weight excluding hydrogens is 917 g/mol. The van der Waals surface area contributed by atoms with Gasteiger partial charge in [0, 0.05) is 83.1 Å². The van der Waals surface area contributed by atoms with Crippen LogP contribution in [0, 0.1) is 17.8 Å². The van der Waals surface area contributed by atoms with Gasteiger partial charge in [-0.3, -0.25) is 43.8 Å². The maximum Gasteiger partial charge on any atom is 0.343 e. The number of likely N-dealkylation sites (tertiary alicyclic amines) is 2. The van der Waals surface area contributed by atoms with E-state index in [2.05, 4.69) is 50.6 Å². The molecule has 19 heteroatoms. The van der Waals surface area contributed by atoms with Crippen molar-refractivity contribution in [2.75, 3.05) is 82.7 Å². The van der Waals surface area contributed by atoms with Crippen molar-refractivity contribution in [1.29, 1.82) is 0 Å². The monoisotopic (exact) mass is 989 g/mol. The topological polar surface area (TPSA) is 208 Å². The standard InChI is InChI=1S/C53H72N12O7/c1-3-72-52(71)44-30-54-53(57-40-29-55-60(2)33-40)59-47(44)56-39-9-11-41(12-10-39)63-24-26-64(27-25-63)49(68)37-6-4-34(5-7-37)31-61-20-16-35(17-21-61)32-62-22-18-36(19-23-62)38-8-13-42-43(28-38)51(70)65(50(42)69)45-14-15-46(66)58-48(45)67/h8,13,28-30,33-37,39,41,45H,3-7,9-12,14-27,31-32H2,1-2H3,(H,58,66,67)(H2,54,56,57,59). The van der Waals surface area contributed by atoms with Gasteiger partial charge in [0.25, 0.3) is 11.8 Å². The summed E-state index contributed by atoms with van der Waals surface area (Å²) >= 11 is 0. The highest BCUT2D eigenvalue weighted by Crippen LogP contribution is 2.36. The Kier molecular flexibility index (Phi) is 15.3. The van der Waals surface area contributed by atoms with Crippen LogP contribution in [0.15, 0.2) is 36.8 Å². The van der Waals surface area contributed by atoms with Gasteiger partial charge in [-0.25, -0.2) is 9.78 Å². The molecule has 3 aromatic rings. The predicted molar refractivity (Wildman–Crippen MR) is 268 cm³/mol. The van der Waals surface area contributed by atoms with Gasteiger partial charge in [-0.05, 0) is 152 Å². The molecule has 5 amide bonds. The molecule has 0 radical (unpaired) electrons. The molecule has 1 unspecified atom stereocenters. The first-order valence-corrected chi connectivity index (χ1v) is 26.9. The number of nitrogens with one attached hydrogen (secondary N) is 3. The number of aromatic nitrogens is 4. The maximum atomic E-state index is 13.8. The summed E-state index contributed by atoms with van der Waals surface area (Å²) in [6, 6.07) is 5.29. The number of rotatable bonds is 14. The van der Waals surface area contributed by atoms with E-state index in [4.69, 9.17) is 4.74 Å². The van der Waals surface area contributed by atoms with E-state index in [-0.39, 0.29) is 37.3 Å². The first-order valence-electron chi connectivity index (χ1n) is 26.9. The van der Waals surface area contributed by atoms with Crippen LogP contribution < -0.4 is 16.0 Å². The molecule has 72 heavy (non-hydrogen) atoms. The molecule has 1 atom stereocenters. The Morgan fingerprint density at radius 1 is 0.764 bits per heavy atom. The summed E-state index contributed by atoms with van der Waals surface area (Å²) in [5.74, 6) is 0.729. The fraction of sp³-hybridized carbons (Fsp3) is 0.642. The number of aryl methyl sites for hydroxylation is 1. The van der Waals surface area contributed by atoms with E-state index < -0.39 is 29.7 Å². The minimum atomic E-state index is -0.951. The van der Waals surface area contributed by atoms with Gasteiger partial charge in [0.1, 0.15) is 17.4 Å². The largest absolute Gasteiger partial charge is 0.462 e. The number of ether oxygens (including phenoxy) is 1. The number of imide groups is 2. The lowest BCUT2D eigenvalue weighted by Gasteiger charge is -2.43. The number of carbonyl (C=O) groups is 6. The van der Waals surface area contributed by atoms with Gasteiger partial charge >= 0.3 is 5.97 Å². The lowest BCUT2D eigenvalue weighted by Crippen LogP contribution is -2.54. The summed E-state index contributed by atoms with van der Waals surface area (Å²) in [6.45, 7) is 12.1. The Morgan fingerprint density at radius 3 is 2.11 bits per heavy atom. The van der Waals surface area contributed by atoms with Crippen LogP contribution >= 0.6 is 0 Å². The van der Waals surface area contributed by atoms with Gasteiger partial charge in [-0.1, -0.05) is 6.07 Å². The number of hydrogen-bond donors (Lipinski definition) is 3. The third-order valence-corrected chi connectivity index (χ3v) is 16.9. The molecule has 10 rings (SSSR count). The molecule has 3 N–H and O–H groups in total. The van der Waals surface area contributed by atoms with Crippen molar-refractivity contribution >= 4 is 53.0 Å². The highest BCUT2D eigenvalue weighted by Gasteiger charge is 2.45. The molecule has 0 bridgehead atoms. The molecule has 19 nitrogen and oxygen atoms in total. The second kappa shape index (κ2) is 22.1. The molecule has 6 fully saturated rings. The Bertz CT molecular complexity index is 2480. The number of anilines is 3. The second-order valence-electron chi connectivity index (χ2n) is 21.5. The second-order valence-corrected chi connectivity index (χ2v) is 21.5. The van der Waals surface area contributed by atoms with Crippen molar-refractivity contribution in [3.8, 4) is 0 Å². The number of fused-ring (bicyclic) bond motifs is 1. The lowest BCUT2D eigenvalue weighted by atomic mass is 9.80. The molecule has 7 aliphatic rings. The Hall–Kier alpha value is -5.79. The summed E-state index contributed by atoms with van der Waals surface area (Å²) in [5.41, 5.74) is 2.86. The first-order chi connectivity index (χ1) is 35.0. The summed E-state index contributed by atoms with van der Waals surface area (Å²) in [6.07, 6.45) is 18.0. The highest BCUT2D eigenvalue weighted by molar-refractivity contribution is 6.23. The van der Waals surface area contributed by atoms with Crippen molar-refractivity contribution in [3.05, 3.63) is 59.0 Å². The fourth-order valence-electron chi connectivity index (χ4n) is 12.7. The number of amides is 5. The number of piperazine rings is 1. The Morgan fingerprint density at radius 2 is 1.44 bits per heavy atom. The molecule has 2 aromatic heterocycles. The van der Waals surface area contributed by atoms with Crippen LogP contribution in [-0.4, -0.2) is 170 Å². The van der Waals surface area contributed by atoms with E-state index in [1.807, 2.05) is 25.4 Å². The van der Waals surface area contributed by atoms with Crippen molar-refractivity contribution < 1.29 is 33.5 Å². The SMILES string of the molecule is CCOC(=O)c1cnc(Nc2cnn(C)c2)nc1NC1CCC(N2CCN(C(=O)C3CCC(CN4CCC(CN5CCC(c6ccc7c(c6)C(=O)N(C6CCC(=O)NC6=O)C7=O)CC5)CC4)CC3)CC2)CC1.